The van der Waals surface area contributed by atoms with Crippen molar-refractivity contribution in [2.45, 2.75) is 29.7 Å². The number of hydrogen-bond acceptors (Lipinski definition) is 7. The van der Waals surface area contributed by atoms with E-state index >= 15 is 0 Å². The predicted octanol–water partition coefficient (Wildman–Crippen LogP) is 4.66. The number of carbonyl (C=O) groups is 3. The molecule has 10 heteroatoms. The number of para-hydroxylation sites is 2. The highest BCUT2D eigenvalue weighted by Crippen LogP contribution is 2.55. The summed E-state index contributed by atoms with van der Waals surface area (Å²) < 4.78 is 7.07. The van der Waals surface area contributed by atoms with Gasteiger partial charge in [-0.2, -0.15) is 0 Å². The van der Waals surface area contributed by atoms with E-state index in [1.165, 1.54) is 21.2 Å². The lowest BCUT2D eigenvalue weighted by Crippen LogP contribution is -2.33. The van der Waals surface area contributed by atoms with E-state index in [1.54, 1.807) is 37.4 Å². The number of amides is 3. The first kappa shape index (κ1) is 26.1. The van der Waals surface area contributed by atoms with Gasteiger partial charge in [0, 0.05) is 22.0 Å². The SMILES string of the molecule is COc1ccccc1[C@@H]1c2sc(=O)n(CC(=O)Nc3ccccc3)c2S[C@H]2C(=O)N(c3ccc(C)cc3)C(=O)[C@@H]12. The van der Waals surface area contributed by atoms with Crippen LogP contribution in [0.15, 0.2) is 88.7 Å². The number of rotatable bonds is 6. The smallest absolute Gasteiger partial charge is 0.308 e. The molecule has 2 aliphatic rings. The molecular weight excluding hydrogens is 546 g/mol. The van der Waals surface area contributed by atoms with Gasteiger partial charge < -0.3 is 10.1 Å². The van der Waals surface area contributed by atoms with Crippen molar-refractivity contribution in [2.24, 2.45) is 5.92 Å². The molecule has 202 valence electrons. The lowest BCUT2D eigenvalue weighted by Gasteiger charge is -2.31. The van der Waals surface area contributed by atoms with Crippen LogP contribution in [0.25, 0.3) is 0 Å². The molecule has 1 saturated heterocycles. The molecule has 40 heavy (non-hydrogen) atoms. The molecule has 8 nitrogen and oxygen atoms in total. The van der Waals surface area contributed by atoms with Gasteiger partial charge in [-0.15, -0.1) is 0 Å². The maximum Gasteiger partial charge on any atom is 0.308 e. The molecule has 3 aromatic carbocycles. The molecule has 2 aliphatic heterocycles. The number of benzene rings is 3. The number of aryl methyl sites for hydroxylation is 1. The van der Waals surface area contributed by atoms with E-state index in [2.05, 4.69) is 5.32 Å². The van der Waals surface area contributed by atoms with Gasteiger partial charge in [-0.1, -0.05) is 77.2 Å². The van der Waals surface area contributed by atoms with E-state index in [0.29, 0.717) is 27.0 Å². The molecule has 3 heterocycles. The van der Waals surface area contributed by atoms with Gasteiger partial charge in [-0.3, -0.25) is 23.7 Å². The summed E-state index contributed by atoms with van der Waals surface area (Å²) in [5.41, 5.74) is 2.86. The number of hydrogen-bond donors (Lipinski definition) is 1. The van der Waals surface area contributed by atoms with Crippen molar-refractivity contribution in [3.8, 4) is 5.75 Å². The fraction of sp³-hybridized carbons (Fsp3) is 0.200. The summed E-state index contributed by atoms with van der Waals surface area (Å²) in [6.07, 6.45) is 0. The number of nitrogens with zero attached hydrogens (tertiary/aromatic N) is 2. The zero-order chi connectivity index (χ0) is 28.0. The van der Waals surface area contributed by atoms with Crippen LogP contribution in [0.5, 0.6) is 5.75 Å². The summed E-state index contributed by atoms with van der Waals surface area (Å²) in [6, 6.07) is 23.6. The van der Waals surface area contributed by atoms with Crippen LogP contribution in [0.2, 0.25) is 0 Å². The van der Waals surface area contributed by atoms with Crippen molar-refractivity contribution in [3.63, 3.8) is 0 Å². The quantitative estimate of drug-likeness (QED) is 0.338. The topological polar surface area (TPSA) is 97.7 Å². The van der Waals surface area contributed by atoms with Gasteiger partial charge in [0.1, 0.15) is 17.5 Å². The molecule has 0 bridgehead atoms. The number of thioether (sulfide) groups is 1. The number of aromatic nitrogens is 1. The van der Waals surface area contributed by atoms with Gasteiger partial charge >= 0.3 is 4.87 Å². The maximum atomic E-state index is 14.0. The zero-order valence-corrected chi connectivity index (χ0v) is 23.3. The number of nitrogens with one attached hydrogen (secondary N) is 1. The van der Waals surface area contributed by atoms with Crippen LogP contribution in [0, 0.1) is 12.8 Å². The Labute approximate surface area is 238 Å². The average molecular weight is 572 g/mol. The summed E-state index contributed by atoms with van der Waals surface area (Å²) in [6.45, 7) is 1.72. The molecular formula is C30H25N3O5S2. The molecule has 0 saturated carbocycles. The third kappa shape index (κ3) is 4.43. The third-order valence-electron chi connectivity index (χ3n) is 7.17. The first-order valence-corrected chi connectivity index (χ1v) is 14.4. The molecule has 3 atom stereocenters. The Bertz CT molecular complexity index is 1680. The fourth-order valence-corrected chi connectivity index (χ4v) is 8.09. The third-order valence-corrected chi connectivity index (χ3v) is 9.78. The van der Waals surface area contributed by atoms with Gasteiger partial charge in [0.2, 0.25) is 17.7 Å². The predicted molar refractivity (Wildman–Crippen MR) is 155 cm³/mol. The second-order valence-electron chi connectivity index (χ2n) is 9.67. The molecule has 0 unspecified atom stereocenters. The van der Waals surface area contributed by atoms with E-state index in [4.69, 9.17) is 4.74 Å². The van der Waals surface area contributed by atoms with Crippen molar-refractivity contribution < 1.29 is 19.1 Å². The molecule has 0 spiro atoms. The average Bonchev–Trinajstić information content (AvgIpc) is 3.40. The summed E-state index contributed by atoms with van der Waals surface area (Å²) in [4.78, 5) is 55.7. The highest BCUT2D eigenvalue weighted by atomic mass is 32.2. The second-order valence-corrected chi connectivity index (χ2v) is 11.8. The standard InChI is InChI=1S/C30H25N3O5S2/c1-17-12-14-19(15-13-17)33-27(35)24-23(20-10-6-7-11-21(20)38-2)26-29(39-25(24)28(33)36)32(30(37)40-26)16-22(34)31-18-8-4-3-5-9-18/h3-15,23-25H,16H2,1-2H3,(H,31,34)/t23-,24-,25+/m0/s1. The van der Waals surface area contributed by atoms with Crippen LogP contribution in [0.4, 0.5) is 11.4 Å². The summed E-state index contributed by atoms with van der Waals surface area (Å²) in [7, 11) is 1.55. The molecule has 1 N–H and O–H groups in total. The molecule has 1 aromatic heterocycles. The first-order chi connectivity index (χ1) is 19.4. The number of ether oxygens (including phenoxy) is 1. The summed E-state index contributed by atoms with van der Waals surface area (Å²) in [5, 5.41) is 2.58. The Morgan fingerprint density at radius 3 is 2.35 bits per heavy atom. The van der Waals surface area contributed by atoms with Gasteiger partial charge in [0.15, 0.2) is 0 Å². The Morgan fingerprint density at radius 2 is 1.62 bits per heavy atom. The lowest BCUT2D eigenvalue weighted by atomic mass is 9.82. The molecule has 1 fully saturated rings. The Balaban J connectivity index is 1.44. The van der Waals surface area contributed by atoms with Gasteiger partial charge in [-0.25, -0.2) is 4.90 Å². The van der Waals surface area contributed by atoms with E-state index in [1.807, 2.05) is 55.5 Å². The minimum absolute atomic E-state index is 0.216. The number of fused-ring (bicyclic) bond motifs is 2. The zero-order valence-electron chi connectivity index (χ0n) is 21.7. The molecule has 3 amide bonds. The fourth-order valence-electron chi connectivity index (χ4n) is 5.33. The minimum atomic E-state index is -0.770. The van der Waals surface area contributed by atoms with Crippen LogP contribution >= 0.6 is 23.1 Å². The van der Waals surface area contributed by atoms with Crippen molar-refractivity contribution in [1.82, 2.24) is 4.57 Å². The van der Waals surface area contributed by atoms with Crippen molar-refractivity contribution in [2.75, 3.05) is 17.3 Å². The van der Waals surface area contributed by atoms with Crippen molar-refractivity contribution in [3.05, 3.63) is 105 Å². The van der Waals surface area contributed by atoms with E-state index < -0.39 is 17.1 Å². The number of anilines is 2. The monoisotopic (exact) mass is 571 g/mol. The second kappa shape index (κ2) is 10.4. The Morgan fingerprint density at radius 1 is 0.925 bits per heavy atom. The normalized spacial score (nSPS) is 19.8. The van der Waals surface area contributed by atoms with Crippen LogP contribution in [-0.4, -0.2) is 34.6 Å². The van der Waals surface area contributed by atoms with Crippen LogP contribution in [-0.2, 0) is 20.9 Å². The summed E-state index contributed by atoms with van der Waals surface area (Å²) >= 11 is 2.20. The van der Waals surface area contributed by atoms with E-state index in [0.717, 1.165) is 22.5 Å². The van der Waals surface area contributed by atoms with E-state index in [9.17, 15) is 19.2 Å². The maximum absolute atomic E-state index is 14.0. The van der Waals surface area contributed by atoms with Crippen LogP contribution < -0.4 is 19.8 Å². The molecule has 0 radical (unpaired) electrons. The highest BCUT2D eigenvalue weighted by molar-refractivity contribution is 8.00. The van der Waals surface area contributed by atoms with E-state index in [-0.39, 0.29) is 29.1 Å². The highest BCUT2D eigenvalue weighted by Gasteiger charge is 2.57. The van der Waals surface area contributed by atoms with Crippen molar-refractivity contribution in [1.29, 1.82) is 0 Å². The van der Waals surface area contributed by atoms with Crippen molar-refractivity contribution >= 4 is 52.2 Å². The summed E-state index contributed by atoms with van der Waals surface area (Å²) in [5.74, 6) is -1.80. The Hall–Kier alpha value is -4.15. The number of carbonyl (C=O) groups excluding carboxylic acids is 3. The lowest BCUT2D eigenvalue weighted by molar-refractivity contribution is -0.122. The van der Waals surface area contributed by atoms with Crippen LogP contribution in [0.1, 0.15) is 21.9 Å². The van der Waals surface area contributed by atoms with Gasteiger partial charge in [-0.05, 0) is 37.3 Å². The van der Waals surface area contributed by atoms with Crippen LogP contribution in [0.3, 0.4) is 0 Å². The molecule has 0 aliphatic carbocycles. The molecule has 4 aromatic rings. The number of methoxy groups -OCH3 is 1. The first-order valence-electron chi connectivity index (χ1n) is 12.7. The Kier molecular flexibility index (Phi) is 6.81. The number of imide groups is 1. The largest absolute Gasteiger partial charge is 0.496 e. The molecule has 6 rings (SSSR count). The van der Waals surface area contributed by atoms with Gasteiger partial charge in [0.05, 0.1) is 23.7 Å². The van der Waals surface area contributed by atoms with Gasteiger partial charge in [0.25, 0.3) is 0 Å². The number of thiazole rings is 1. The minimum Gasteiger partial charge on any atom is -0.496 e.